The molecule has 6 nitrogen and oxygen atoms in total. The van der Waals surface area contributed by atoms with E-state index in [2.05, 4.69) is 40.7 Å². The largest absolute Gasteiger partial charge is 0.339 e. The summed E-state index contributed by atoms with van der Waals surface area (Å²) >= 11 is 0. The van der Waals surface area contributed by atoms with Crippen molar-refractivity contribution in [3.05, 3.63) is 77.5 Å². The van der Waals surface area contributed by atoms with E-state index >= 15 is 0 Å². The van der Waals surface area contributed by atoms with Crippen LogP contribution in [-0.4, -0.2) is 16.1 Å². The number of nitrogens with zero attached hydrogens (tertiary/aromatic N) is 3. The van der Waals surface area contributed by atoms with Crippen molar-refractivity contribution >= 4 is 23.1 Å². The Balaban J connectivity index is 1.65. The number of anilines is 3. The van der Waals surface area contributed by atoms with Gasteiger partial charge >= 0.3 is 0 Å². The Morgan fingerprint density at radius 1 is 1.00 bits per heavy atom. The maximum absolute atomic E-state index is 12.3. The van der Waals surface area contributed by atoms with Gasteiger partial charge in [0.25, 0.3) is 5.91 Å². The first-order chi connectivity index (χ1) is 13.0. The van der Waals surface area contributed by atoms with E-state index in [1.54, 1.807) is 30.3 Å². The Morgan fingerprint density at radius 2 is 1.78 bits per heavy atom. The quantitative estimate of drug-likeness (QED) is 0.703. The molecule has 2 aromatic carbocycles. The SMILES string of the molecule is CC(C)c1ccc(NC(=O)c2ccc(Nc3cccc(C#N)c3)nn2)cc1. The average molecular weight is 357 g/mol. The fraction of sp³-hybridized carbons (Fsp3) is 0.143. The molecule has 3 aromatic rings. The Kier molecular flexibility index (Phi) is 5.43. The van der Waals surface area contributed by atoms with Crippen LogP contribution in [0.2, 0.25) is 0 Å². The second kappa shape index (κ2) is 8.11. The highest BCUT2D eigenvalue weighted by Gasteiger charge is 2.09. The Bertz CT molecular complexity index is 973. The van der Waals surface area contributed by atoms with Crippen LogP contribution in [0, 0.1) is 11.3 Å². The molecule has 0 bridgehead atoms. The minimum Gasteiger partial charge on any atom is -0.339 e. The molecule has 3 rings (SSSR count). The van der Waals surface area contributed by atoms with E-state index in [0.29, 0.717) is 23.0 Å². The molecule has 0 atom stereocenters. The molecule has 0 aliphatic heterocycles. The van der Waals surface area contributed by atoms with Gasteiger partial charge in [-0.05, 0) is 53.9 Å². The van der Waals surface area contributed by atoms with Gasteiger partial charge in [-0.15, -0.1) is 10.2 Å². The maximum Gasteiger partial charge on any atom is 0.276 e. The molecule has 1 amide bonds. The van der Waals surface area contributed by atoms with E-state index in [0.717, 1.165) is 5.69 Å². The Labute approximate surface area is 157 Å². The van der Waals surface area contributed by atoms with Crippen molar-refractivity contribution in [2.24, 2.45) is 0 Å². The first kappa shape index (κ1) is 18.1. The summed E-state index contributed by atoms with van der Waals surface area (Å²) in [5, 5.41) is 22.8. The van der Waals surface area contributed by atoms with Gasteiger partial charge in [0.1, 0.15) is 0 Å². The number of carbonyl (C=O) groups is 1. The summed E-state index contributed by atoms with van der Waals surface area (Å²) in [4.78, 5) is 12.3. The predicted octanol–water partition coefficient (Wildman–Crippen LogP) is 4.47. The lowest BCUT2D eigenvalue weighted by Crippen LogP contribution is -2.14. The summed E-state index contributed by atoms with van der Waals surface area (Å²) in [5.74, 6) is 0.607. The number of amides is 1. The van der Waals surface area contributed by atoms with Crippen molar-refractivity contribution in [3.8, 4) is 6.07 Å². The zero-order valence-electron chi connectivity index (χ0n) is 15.1. The summed E-state index contributed by atoms with van der Waals surface area (Å²) in [6.45, 7) is 4.24. The van der Waals surface area contributed by atoms with Gasteiger partial charge in [0.05, 0.1) is 11.6 Å². The molecule has 2 N–H and O–H groups in total. The normalized spacial score (nSPS) is 10.3. The highest BCUT2D eigenvalue weighted by atomic mass is 16.1. The summed E-state index contributed by atoms with van der Waals surface area (Å²) in [5.41, 5.74) is 3.42. The number of carbonyl (C=O) groups excluding carboxylic acids is 1. The van der Waals surface area contributed by atoms with E-state index < -0.39 is 0 Å². The summed E-state index contributed by atoms with van der Waals surface area (Å²) in [6.07, 6.45) is 0. The lowest BCUT2D eigenvalue weighted by Gasteiger charge is -2.08. The molecule has 134 valence electrons. The third-order valence-corrected chi connectivity index (χ3v) is 4.00. The van der Waals surface area contributed by atoms with Crippen molar-refractivity contribution in [2.75, 3.05) is 10.6 Å². The van der Waals surface area contributed by atoms with Crippen LogP contribution in [0.15, 0.2) is 60.7 Å². The van der Waals surface area contributed by atoms with E-state index in [-0.39, 0.29) is 11.6 Å². The standard InChI is InChI=1S/C21H19N5O/c1-14(2)16-6-8-17(9-7-16)24-21(27)19-10-11-20(26-25-19)23-18-5-3-4-15(12-18)13-22/h3-12,14H,1-2H3,(H,23,26)(H,24,27). The highest BCUT2D eigenvalue weighted by molar-refractivity contribution is 6.02. The topological polar surface area (TPSA) is 90.7 Å². The van der Waals surface area contributed by atoms with Crippen molar-refractivity contribution < 1.29 is 4.79 Å². The van der Waals surface area contributed by atoms with Crippen LogP contribution in [-0.2, 0) is 0 Å². The van der Waals surface area contributed by atoms with Gasteiger partial charge in [0.2, 0.25) is 0 Å². The zero-order chi connectivity index (χ0) is 19.2. The number of nitriles is 1. The number of hydrogen-bond donors (Lipinski definition) is 2. The number of aromatic nitrogens is 2. The van der Waals surface area contributed by atoms with E-state index in [1.807, 2.05) is 30.3 Å². The van der Waals surface area contributed by atoms with Gasteiger partial charge in [-0.1, -0.05) is 32.0 Å². The summed E-state index contributed by atoms with van der Waals surface area (Å²) in [6, 6.07) is 20.1. The van der Waals surface area contributed by atoms with Crippen LogP contribution in [0.5, 0.6) is 0 Å². The van der Waals surface area contributed by atoms with Gasteiger partial charge in [-0.25, -0.2) is 0 Å². The van der Waals surface area contributed by atoms with Crippen LogP contribution in [0.1, 0.15) is 41.4 Å². The van der Waals surface area contributed by atoms with Crippen LogP contribution >= 0.6 is 0 Å². The number of benzene rings is 2. The second-order valence-electron chi connectivity index (χ2n) is 6.35. The van der Waals surface area contributed by atoms with Gasteiger partial charge < -0.3 is 10.6 Å². The minimum atomic E-state index is -0.321. The molecule has 0 radical (unpaired) electrons. The van der Waals surface area contributed by atoms with Crippen molar-refractivity contribution in [1.29, 1.82) is 5.26 Å². The second-order valence-corrected chi connectivity index (χ2v) is 6.35. The van der Waals surface area contributed by atoms with Crippen LogP contribution in [0.4, 0.5) is 17.2 Å². The van der Waals surface area contributed by atoms with E-state index in [1.165, 1.54) is 5.56 Å². The first-order valence-corrected chi connectivity index (χ1v) is 8.57. The molecule has 27 heavy (non-hydrogen) atoms. The lowest BCUT2D eigenvalue weighted by molar-refractivity contribution is 0.102. The molecular weight excluding hydrogens is 338 g/mol. The lowest BCUT2D eigenvalue weighted by atomic mass is 10.0. The zero-order valence-corrected chi connectivity index (χ0v) is 15.1. The molecule has 6 heteroatoms. The third kappa shape index (κ3) is 4.67. The number of nitrogens with one attached hydrogen (secondary N) is 2. The Morgan fingerprint density at radius 3 is 2.41 bits per heavy atom. The smallest absolute Gasteiger partial charge is 0.276 e. The first-order valence-electron chi connectivity index (χ1n) is 8.57. The van der Waals surface area contributed by atoms with Crippen molar-refractivity contribution in [1.82, 2.24) is 10.2 Å². The van der Waals surface area contributed by atoms with Gasteiger partial charge in [-0.2, -0.15) is 5.26 Å². The molecule has 0 saturated carbocycles. The van der Waals surface area contributed by atoms with E-state index in [4.69, 9.17) is 5.26 Å². The molecule has 1 aromatic heterocycles. The fourth-order valence-corrected chi connectivity index (χ4v) is 2.48. The van der Waals surface area contributed by atoms with Crippen LogP contribution in [0.3, 0.4) is 0 Å². The minimum absolute atomic E-state index is 0.222. The Hall–Kier alpha value is -3.72. The molecular formula is C21H19N5O. The van der Waals surface area contributed by atoms with Crippen molar-refractivity contribution in [3.63, 3.8) is 0 Å². The van der Waals surface area contributed by atoms with E-state index in [9.17, 15) is 4.79 Å². The summed E-state index contributed by atoms with van der Waals surface area (Å²) in [7, 11) is 0. The summed E-state index contributed by atoms with van der Waals surface area (Å²) < 4.78 is 0. The molecule has 0 aliphatic carbocycles. The molecule has 0 saturated heterocycles. The van der Waals surface area contributed by atoms with Gasteiger partial charge in [-0.3, -0.25) is 4.79 Å². The van der Waals surface area contributed by atoms with Crippen LogP contribution < -0.4 is 10.6 Å². The molecule has 1 heterocycles. The average Bonchev–Trinajstić information content (AvgIpc) is 2.69. The predicted molar refractivity (Wildman–Crippen MR) is 105 cm³/mol. The monoisotopic (exact) mass is 357 g/mol. The molecule has 0 fully saturated rings. The molecule has 0 unspecified atom stereocenters. The maximum atomic E-state index is 12.3. The van der Waals surface area contributed by atoms with Crippen molar-refractivity contribution in [2.45, 2.75) is 19.8 Å². The molecule has 0 aliphatic rings. The third-order valence-electron chi connectivity index (χ3n) is 4.00. The molecule has 0 spiro atoms. The fourth-order valence-electron chi connectivity index (χ4n) is 2.48. The highest BCUT2D eigenvalue weighted by Crippen LogP contribution is 2.18. The van der Waals surface area contributed by atoms with Gasteiger partial charge in [0, 0.05) is 11.4 Å². The number of hydrogen-bond acceptors (Lipinski definition) is 5. The number of rotatable bonds is 5. The van der Waals surface area contributed by atoms with Crippen LogP contribution in [0.25, 0.3) is 0 Å². The van der Waals surface area contributed by atoms with Gasteiger partial charge in [0.15, 0.2) is 11.5 Å².